The molecule has 3 rings (SSSR count). The van der Waals surface area contributed by atoms with Crippen LogP contribution in [-0.4, -0.2) is 79.7 Å². The molecule has 2 aliphatic rings. The summed E-state index contributed by atoms with van der Waals surface area (Å²) in [6.45, 7) is 1.87. The predicted octanol–water partition coefficient (Wildman–Crippen LogP) is 0.959. The van der Waals surface area contributed by atoms with Crippen molar-refractivity contribution in [3.63, 3.8) is 0 Å². The molecule has 2 N–H and O–H groups in total. The number of anilines is 2. The molecule has 1 aromatic heterocycles. The van der Waals surface area contributed by atoms with Crippen LogP contribution in [-0.2, 0) is 4.79 Å². The zero-order valence-corrected chi connectivity index (χ0v) is 16.8. The molecule has 0 unspecified atom stereocenters. The molecule has 1 aromatic rings. The van der Waals surface area contributed by atoms with E-state index in [9.17, 15) is 27.6 Å². The average molecular weight is 428 g/mol. The number of rotatable bonds is 4. The highest BCUT2D eigenvalue weighted by molar-refractivity contribution is 6.00. The number of pyridine rings is 1. The van der Waals surface area contributed by atoms with E-state index in [1.54, 1.807) is 20.2 Å². The van der Waals surface area contributed by atoms with Gasteiger partial charge in [-0.3, -0.25) is 14.5 Å². The summed E-state index contributed by atoms with van der Waals surface area (Å²) in [5, 5.41) is 4.41. The van der Waals surface area contributed by atoms with Crippen molar-refractivity contribution < 1.29 is 27.6 Å². The van der Waals surface area contributed by atoms with Gasteiger partial charge in [-0.2, -0.15) is 13.2 Å². The molecule has 30 heavy (non-hydrogen) atoms. The van der Waals surface area contributed by atoms with E-state index in [0.29, 0.717) is 25.2 Å². The molecule has 1 fully saturated rings. The van der Waals surface area contributed by atoms with Crippen LogP contribution >= 0.6 is 0 Å². The van der Waals surface area contributed by atoms with Crippen molar-refractivity contribution in [2.75, 3.05) is 43.5 Å². The second-order valence-electron chi connectivity index (χ2n) is 7.48. The second kappa shape index (κ2) is 8.00. The van der Waals surface area contributed by atoms with E-state index in [2.05, 4.69) is 10.3 Å². The molecular formula is C18H23F3N6O3. The molecule has 0 aromatic carbocycles. The lowest BCUT2D eigenvalue weighted by molar-refractivity contribution is -0.149. The predicted molar refractivity (Wildman–Crippen MR) is 102 cm³/mol. The number of amides is 4. The van der Waals surface area contributed by atoms with Crippen LogP contribution in [0.5, 0.6) is 0 Å². The van der Waals surface area contributed by atoms with Crippen molar-refractivity contribution in [2.45, 2.75) is 31.6 Å². The van der Waals surface area contributed by atoms with Gasteiger partial charge in [0.1, 0.15) is 11.7 Å². The summed E-state index contributed by atoms with van der Waals surface area (Å²) >= 11 is 0. The zero-order valence-electron chi connectivity index (χ0n) is 16.8. The molecule has 1 saturated heterocycles. The molecule has 0 spiro atoms. The van der Waals surface area contributed by atoms with Gasteiger partial charge in [0, 0.05) is 27.2 Å². The fourth-order valence-electron chi connectivity index (χ4n) is 3.34. The van der Waals surface area contributed by atoms with Gasteiger partial charge in [-0.05, 0) is 25.5 Å². The summed E-state index contributed by atoms with van der Waals surface area (Å²) in [6, 6.07) is 0.0990. The van der Waals surface area contributed by atoms with Crippen molar-refractivity contribution in [3.8, 4) is 0 Å². The standard InChI is InChI=1S/C18H23F3N6O3/c1-10(18(19,20)21)23-16(29)12-4-5-13-15(24-12)27(11-6-7-26(13)9-11)17(30)22-8-14(28)25(2)3/h4-5,10-11H,6-9H2,1-3H3,(H,22,30)(H,23,29)/t10-,11+/m1/s1. The van der Waals surface area contributed by atoms with Gasteiger partial charge in [0.15, 0.2) is 5.82 Å². The second-order valence-corrected chi connectivity index (χ2v) is 7.48. The lowest BCUT2D eigenvalue weighted by Gasteiger charge is -2.35. The number of aromatic nitrogens is 1. The molecule has 0 saturated carbocycles. The van der Waals surface area contributed by atoms with Gasteiger partial charge in [0.2, 0.25) is 5.91 Å². The Balaban J connectivity index is 1.85. The molecule has 12 heteroatoms. The summed E-state index contributed by atoms with van der Waals surface area (Å²) in [5.74, 6) is -1.10. The Hall–Kier alpha value is -3.05. The maximum absolute atomic E-state index is 12.8. The Bertz CT molecular complexity index is 860. The van der Waals surface area contributed by atoms with Crippen LogP contribution in [0.4, 0.5) is 29.5 Å². The first-order chi connectivity index (χ1) is 14.0. The SMILES string of the molecule is C[C@@H](NC(=O)c1ccc2c(n1)N(C(=O)NCC(=O)N(C)C)[C@H]1CCN2C1)C(F)(F)F. The highest BCUT2D eigenvalue weighted by Gasteiger charge is 2.41. The minimum atomic E-state index is -4.58. The first kappa shape index (κ1) is 21.7. The Morgan fingerprint density at radius 2 is 2.00 bits per heavy atom. The highest BCUT2D eigenvalue weighted by atomic mass is 19.4. The minimum Gasteiger partial charge on any atom is -0.366 e. The van der Waals surface area contributed by atoms with Crippen LogP contribution in [0.2, 0.25) is 0 Å². The van der Waals surface area contributed by atoms with Gasteiger partial charge >= 0.3 is 12.2 Å². The minimum absolute atomic E-state index is 0.186. The Labute approximate surface area is 171 Å². The van der Waals surface area contributed by atoms with Crippen LogP contribution in [0.15, 0.2) is 12.1 Å². The van der Waals surface area contributed by atoms with E-state index in [1.807, 2.05) is 10.2 Å². The van der Waals surface area contributed by atoms with E-state index >= 15 is 0 Å². The van der Waals surface area contributed by atoms with Crippen molar-refractivity contribution in [1.29, 1.82) is 0 Å². The average Bonchev–Trinajstić information content (AvgIpc) is 3.09. The smallest absolute Gasteiger partial charge is 0.366 e. The molecule has 0 aliphatic carbocycles. The van der Waals surface area contributed by atoms with E-state index in [4.69, 9.17) is 0 Å². The molecule has 2 aliphatic heterocycles. The van der Waals surface area contributed by atoms with Crippen LogP contribution in [0.25, 0.3) is 0 Å². The highest BCUT2D eigenvalue weighted by Crippen LogP contribution is 2.38. The van der Waals surface area contributed by atoms with Gasteiger partial charge in [0.25, 0.3) is 5.91 Å². The molecule has 2 atom stereocenters. The Kier molecular flexibility index (Phi) is 5.77. The third-order valence-electron chi connectivity index (χ3n) is 5.13. The van der Waals surface area contributed by atoms with Crippen LogP contribution in [0.3, 0.4) is 0 Å². The number of hydrogen-bond acceptors (Lipinski definition) is 5. The number of halogens is 3. The monoisotopic (exact) mass is 428 g/mol. The van der Waals surface area contributed by atoms with Crippen LogP contribution in [0, 0.1) is 0 Å². The molecule has 2 bridgehead atoms. The van der Waals surface area contributed by atoms with Crippen molar-refractivity contribution >= 4 is 29.4 Å². The Morgan fingerprint density at radius 3 is 2.63 bits per heavy atom. The van der Waals surface area contributed by atoms with E-state index in [-0.39, 0.29) is 30.0 Å². The zero-order chi connectivity index (χ0) is 22.2. The quantitative estimate of drug-likeness (QED) is 0.745. The summed E-state index contributed by atoms with van der Waals surface area (Å²) in [6.07, 6.45) is -3.92. The van der Waals surface area contributed by atoms with E-state index in [0.717, 1.165) is 6.92 Å². The number of hydrogen-bond donors (Lipinski definition) is 2. The number of carbonyl (C=O) groups excluding carboxylic acids is 3. The molecule has 9 nitrogen and oxygen atoms in total. The van der Waals surface area contributed by atoms with Crippen LogP contribution in [0.1, 0.15) is 23.8 Å². The summed E-state index contributed by atoms with van der Waals surface area (Å²) in [4.78, 5) is 45.8. The van der Waals surface area contributed by atoms with Gasteiger partial charge in [-0.25, -0.2) is 9.78 Å². The van der Waals surface area contributed by atoms with E-state index in [1.165, 1.54) is 15.9 Å². The number of nitrogens with one attached hydrogen (secondary N) is 2. The topological polar surface area (TPSA) is 97.9 Å². The fourth-order valence-corrected chi connectivity index (χ4v) is 3.34. The lowest BCUT2D eigenvalue weighted by atomic mass is 10.1. The van der Waals surface area contributed by atoms with Gasteiger partial charge in [-0.1, -0.05) is 0 Å². The normalized spacial score (nSPS) is 18.5. The van der Waals surface area contributed by atoms with Gasteiger partial charge in [-0.15, -0.1) is 0 Å². The Morgan fingerprint density at radius 1 is 1.30 bits per heavy atom. The number of fused-ring (bicyclic) bond motifs is 4. The number of urea groups is 1. The van der Waals surface area contributed by atoms with E-state index < -0.39 is 24.2 Å². The van der Waals surface area contributed by atoms with Crippen molar-refractivity contribution in [1.82, 2.24) is 20.5 Å². The van der Waals surface area contributed by atoms with Gasteiger partial charge < -0.3 is 20.4 Å². The summed E-state index contributed by atoms with van der Waals surface area (Å²) in [5.41, 5.74) is 0.382. The fraction of sp³-hybridized carbons (Fsp3) is 0.556. The van der Waals surface area contributed by atoms with Crippen molar-refractivity contribution in [3.05, 3.63) is 17.8 Å². The number of carbonyl (C=O) groups is 3. The number of likely N-dealkylation sites (N-methyl/N-ethyl adjacent to an activating group) is 1. The number of alkyl halides is 3. The molecule has 164 valence electrons. The van der Waals surface area contributed by atoms with Gasteiger partial charge in [0.05, 0.1) is 18.3 Å². The summed E-state index contributed by atoms with van der Waals surface area (Å²) in [7, 11) is 3.13. The first-order valence-electron chi connectivity index (χ1n) is 9.40. The van der Waals surface area contributed by atoms with Crippen LogP contribution < -0.4 is 20.4 Å². The first-order valence-corrected chi connectivity index (χ1v) is 9.40. The third-order valence-corrected chi connectivity index (χ3v) is 5.13. The molecule has 3 heterocycles. The maximum atomic E-state index is 12.8. The largest absolute Gasteiger partial charge is 0.408 e. The molecule has 4 amide bonds. The summed E-state index contributed by atoms with van der Waals surface area (Å²) < 4.78 is 38.3. The maximum Gasteiger partial charge on any atom is 0.408 e. The molecule has 0 radical (unpaired) electrons. The number of nitrogens with zero attached hydrogens (tertiary/aromatic N) is 4. The third kappa shape index (κ3) is 4.26. The molecular weight excluding hydrogens is 405 g/mol. The lowest BCUT2D eigenvalue weighted by Crippen LogP contribution is -2.52. The van der Waals surface area contributed by atoms with Crippen molar-refractivity contribution in [2.24, 2.45) is 0 Å².